The van der Waals surface area contributed by atoms with Gasteiger partial charge < -0.3 is 15.2 Å². The van der Waals surface area contributed by atoms with Gasteiger partial charge in [0.1, 0.15) is 17.5 Å². The Morgan fingerprint density at radius 2 is 2.29 bits per heavy atom. The van der Waals surface area contributed by atoms with Crippen LogP contribution in [-0.2, 0) is 9.53 Å². The lowest BCUT2D eigenvalue weighted by Gasteiger charge is -2.20. The van der Waals surface area contributed by atoms with Crippen LogP contribution in [0.3, 0.4) is 0 Å². The molecular formula is C13H15FN2O5. The summed E-state index contributed by atoms with van der Waals surface area (Å²) in [5.41, 5.74) is 4.43. The van der Waals surface area contributed by atoms with Gasteiger partial charge in [-0.05, 0) is 18.9 Å². The fourth-order valence-electron chi connectivity index (χ4n) is 2.43. The summed E-state index contributed by atoms with van der Waals surface area (Å²) in [6.07, 6.45) is 0.426. The number of methoxy groups -OCH3 is 1. The molecule has 7 nitrogen and oxygen atoms in total. The lowest BCUT2D eigenvalue weighted by atomic mass is 10.00. The van der Waals surface area contributed by atoms with Crippen LogP contribution in [-0.4, -0.2) is 29.6 Å². The minimum Gasteiger partial charge on any atom is -0.483 e. The summed E-state index contributed by atoms with van der Waals surface area (Å²) in [5.74, 6) is -1.36. The molecule has 1 aromatic rings. The summed E-state index contributed by atoms with van der Waals surface area (Å²) in [4.78, 5) is 21.8. The second-order valence-corrected chi connectivity index (χ2v) is 5.00. The molecule has 2 rings (SSSR count). The van der Waals surface area contributed by atoms with Crippen molar-refractivity contribution in [2.45, 2.75) is 30.9 Å². The van der Waals surface area contributed by atoms with Gasteiger partial charge in [0.05, 0.1) is 12.0 Å². The van der Waals surface area contributed by atoms with E-state index in [-0.39, 0.29) is 17.9 Å². The third-order valence-corrected chi connectivity index (χ3v) is 3.51. The summed E-state index contributed by atoms with van der Waals surface area (Å²) >= 11 is 0. The highest BCUT2D eigenvalue weighted by molar-refractivity contribution is 5.81. The molecule has 0 spiro atoms. The number of nitro groups is 1. The Hall–Kier alpha value is -2.22. The molecule has 1 aromatic carbocycles. The van der Waals surface area contributed by atoms with Crippen LogP contribution >= 0.6 is 0 Å². The monoisotopic (exact) mass is 298 g/mol. The maximum atomic E-state index is 13.2. The Morgan fingerprint density at radius 1 is 1.57 bits per heavy atom. The Morgan fingerprint density at radius 3 is 2.90 bits per heavy atom. The van der Waals surface area contributed by atoms with E-state index >= 15 is 0 Å². The van der Waals surface area contributed by atoms with Crippen LogP contribution in [0.15, 0.2) is 18.2 Å². The number of carbonyl (C=O) groups is 1. The normalized spacial score (nSPS) is 24.6. The van der Waals surface area contributed by atoms with Gasteiger partial charge in [0, 0.05) is 18.6 Å². The Bertz CT molecular complexity index is 580. The van der Waals surface area contributed by atoms with Gasteiger partial charge in [0.25, 0.3) is 0 Å². The summed E-state index contributed by atoms with van der Waals surface area (Å²) < 4.78 is 23.3. The van der Waals surface area contributed by atoms with Crippen molar-refractivity contribution in [2.75, 3.05) is 7.11 Å². The number of nitro benzene ring substituents is 1. The molecule has 8 heteroatoms. The molecule has 1 fully saturated rings. The topological polar surface area (TPSA) is 105 Å². The van der Waals surface area contributed by atoms with E-state index in [0.717, 1.165) is 18.2 Å². The summed E-state index contributed by atoms with van der Waals surface area (Å²) in [7, 11) is 1.24. The summed E-state index contributed by atoms with van der Waals surface area (Å²) in [6.45, 7) is 0. The maximum absolute atomic E-state index is 13.2. The van der Waals surface area contributed by atoms with Crippen LogP contribution in [0.1, 0.15) is 19.3 Å². The Balaban J connectivity index is 2.15. The first-order valence-corrected chi connectivity index (χ1v) is 6.33. The molecule has 2 N–H and O–H groups in total. The molecule has 0 radical (unpaired) electrons. The van der Waals surface area contributed by atoms with Crippen LogP contribution in [0.2, 0.25) is 0 Å². The fraction of sp³-hybridized carbons (Fsp3) is 0.462. The van der Waals surface area contributed by atoms with E-state index in [1.807, 2.05) is 0 Å². The second kappa shape index (κ2) is 5.65. The van der Waals surface area contributed by atoms with Gasteiger partial charge in [-0.2, -0.15) is 0 Å². The van der Waals surface area contributed by atoms with Crippen molar-refractivity contribution in [2.24, 2.45) is 5.73 Å². The zero-order chi connectivity index (χ0) is 15.6. The minimum atomic E-state index is -1.17. The fourth-order valence-corrected chi connectivity index (χ4v) is 2.43. The molecule has 0 aromatic heterocycles. The number of hydrogen-bond acceptors (Lipinski definition) is 6. The second-order valence-electron chi connectivity index (χ2n) is 5.00. The first-order valence-electron chi connectivity index (χ1n) is 6.33. The predicted molar refractivity (Wildman–Crippen MR) is 70.3 cm³/mol. The van der Waals surface area contributed by atoms with Crippen LogP contribution in [0, 0.1) is 15.9 Å². The molecule has 114 valence electrons. The van der Waals surface area contributed by atoms with Crippen molar-refractivity contribution in [3.8, 4) is 5.75 Å². The number of halogens is 1. The number of ether oxygens (including phenoxy) is 2. The maximum Gasteiger partial charge on any atom is 0.325 e. The van der Waals surface area contributed by atoms with Gasteiger partial charge in [-0.15, -0.1) is 0 Å². The zero-order valence-electron chi connectivity index (χ0n) is 11.4. The standard InChI is InChI=1S/C13H15FN2O5/c1-20-12(17)13(15)5-4-9(7-13)21-11-6-8(14)2-3-10(11)16(18)19/h2-3,6,9H,4-5,7,15H2,1H3. The predicted octanol–water partition coefficient (Wildman–Crippen LogP) is 1.54. The smallest absolute Gasteiger partial charge is 0.325 e. The number of nitrogens with two attached hydrogens (primary N) is 1. The number of benzene rings is 1. The molecule has 2 atom stereocenters. The zero-order valence-corrected chi connectivity index (χ0v) is 11.4. The third kappa shape index (κ3) is 3.10. The molecule has 0 heterocycles. The number of esters is 1. The average Bonchev–Trinajstić information content (AvgIpc) is 2.80. The summed E-state index contributed by atoms with van der Waals surface area (Å²) in [6, 6.07) is 2.98. The molecule has 0 bridgehead atoms. The van der Waals surface area contributed by atoms with Crippen molar-refractivity contribution in [1.29, 1.82) is 0 Å². The average molecular weight is 298 g/mol. The molecule has 0 amide bonds. The first-order chi connectivity index (χ1) is 9.85. The largest absolute Gasteiger partial charge is 0.483 e. The van der Waals surface area contributed by atoms with Crippen molar-refractivity contribution in [3.05, 3.63) is 34.1 Å². The van der Waals surface area contributed by atoms with Crippen LogP contribution in [0.4, 0.5) is 10.1 Å². The van der Waals surface area contributed by atoms with E-state index < -0.39 is 28.4 Å². The Kier molecular flexibility index (Phi) is 4.08. The van der Waals surface area contributed by atoms with Crippen molar-refractivity contribution in [3.63, 3.8) is 0 Å². The van der Waals surface area contributed by atoms with Gasteiger partial charge in [-0.3, -0.25) is 14.9 Å². The van der Waals surface area contributed by atoms with Crippen LogP contribution in [0.25, 0.3) is 0 Å². The van der Waals surface area contributed by atoms with Crippen LogP contribution in [0.5, 0.6) is 5.75 Å². The molecule has 1 aliphatic carbocycles. The van der Waals surface area contributed by atoms with E-state index in [9.17, 15) is 19.3 Å². The number of nitrogens with zero attached hydrogens (tertiary/aromatic N) is 1. The third-order valence-electron chi connectivity index (χ3n) is 3.51. The molecule has 1 aliphatic rings. The number of carbonyl (C=O) groups excluding carboxylic acids is 1. The molecule has 0 saturated heterocycles. The van der Waals surface area contributed by atoms with Gasteiger partial charge in [0.2, 0.25) is 0 Å². The molecule has 21 heavy (non-hydrogen) atoms. The van der Waals surface area contributed by atoms with Gasteiger partial charge in [0.15, 0.2) is 5.75 Å². The van der Waals surface area contributed by atoms with Crippen molar-refractivity contribution in [1.82, 2.24) is 0 Å². The first kappa shape index (κ1) is 15.2. The highest BCUT2D eigenvalue weighted by Crippen LogP contribution is 2.35. The number of hydrogen-bond donors (Lipinski definition) is 1. The van der Waals surface area contributed by atoms with Crippen LogP contribution < -0.4 is 10.5 Å². The molecule has 2 unspecified atom stereocenters. The number of rotatable bonds is 4. The van der Waals surface area contributed by atoms with E-state index in [2.05, 4.69) is 4.74 Å². The lowest BCUT2D eigenvalue weighted by molar-refractivity contribution is -0.386. The molecule has 1 saturated carbocycles. The quantitative estimate of drug-likeness (QED) is 0.513. The minimum absolute atomic E-state index is 0.160. The van der Waals surface area contributed by atoms with Crippen molar-refractivity contribution >= 4 is 11.7 Å². The highest BCUT2D eigenvalue weighted by Gasteiger charge is 2.44. The molecule has 0 aliphatic heterocycles. The SMILES string of the molecule is COC(=O)C1(N)CCC(Oc2cc(F)ccc2[N+](=O)[O-])C1. The Labute approximate surface area is 120 Å². The van der Waals surface area contributed by atoms with E-state index in [4.69, 9.17) is 10.5 Å². The van der Waals surface area contributed by atoms with E-state index in [0.29, 0.717) is 12.8 Å². The lowest BCUT2D eigenvalue weighted by Crippen LogP contribution is -2.47. The highest BCUT2D eigenvalue weighted by atomic mass is 19.1. The molecular weight excluding hydrogens is 283 g/mol. The van der Waals surface area contributed by atoms with Gasteiger partial charge >= 0.3 is 11.7 Å². The van der Waals surface area contributed by atoms with Crippen molar-refractivity contribution < 1.29 is 23.6 Å². The summed E-state index contributed by atoms with van der Waals surface area (Å²) in [5, 5.41) is 10.9. The van der Waals surface area contributed by atoms with E-state index in [1.165, 1.54) is 7.11 Å². The van der Waals surface area contributed by atoms with Gasteiger partial charge in [-0.25, -0.2) is 4.39 Å². The van der Waals surface area contributed by atoms with E-state index in [1.54, 1.807) is 0 Å². The van der Waals surface area contributed by atoms with Gasteiger partial charge in [-0.1, -0.05) is 0 Å².